The van der Waals surface area contributed by atoms with Crippen molar-refractivity contribution in [2.24, 2.45) is 0 Å². The fourth-order valence-corrected chi connectivity index (χ4v) is 1.78. The second kappa shape index (κ2) is 3.94. The minimum atomic E-state index is 0.316. The van der Waals surface area contributed by atoms with Crippen molar-refractivity contribution in [1.82, 2.24) is 4.90 Å². The maximum atomic E-state index is 8.70. The van der Waals surface area contributed by atoms with Gasteiger partial charge >= 0.3 is 0 Å². The third kappa shape index (κ3) is 1.70. The van der Waals surface area contributed by atoms with Crippen LogP contribution in [0.15, 0.2) is 0 Å². The summed E-state index contributed by atoms with van der Waals surface area (Å²) in [5.74, 6) is 0. The Bertz CT molecular complexity index is 95.3. The second-order valence-corrected chi connectivity index (χ2v) is 2.96. The van der Waals surface area contributed by atoms with Crippen LogP contribution in [0.25, 0.3) is 0 Å². The molecule has 0 aliphatic carbocycles. The standard InChI is InChI=1S/C8H17NO/c1-2-8-4-3-5-9(8)6-7-10/h8,10H,2-7H2,1H3/t8-/m0/s1. The molecule has 0 aromatic rings. The molecule has 1 aliphatic heterocycles. The first-order chi connectivity index (χ1) is 4.88. The Hall–Kier alpha value is -0.0800. The molecule has 0 unspecified atom stereocenters. The van der Waals surface area contributed by atoms with Gasteiger partial charge in [0.05, 0.1) is 6.61 Å². The molecule has 1 heterocycles. The normalized spacial score (nSPS) is 27.6. The molecule has 60 valence electrons. The molecule has 1 atom stereocenters. The number of nitrogens with zero attached hydrogens (tertiary/aromatic N) is 1. The second-order valence-electron chi connectivity index (χ2n) is 2.96. The lowest BCUT2D eigenvalue weighted by Gasteiger charge is -2.21. The summed E-state index contributed by atoms with van der Waals surface area (Å²) < 4.78 is 0. The third-order valence-corrected chi connectivity index (χ3v) is 2.36. The Morgan fingerprint density at radius 2 is 2.40 bits per heavy atom. The largest absolute Gasteiger partial charge is 0.395 e. The SMILES string of the molecule is CC[C@H]1CCCN1CCO. The molecule has 0 saturated carbocycles. The van der Waals surface area contributed by atoms with Gasteiger partial charge < -0.3 is 5.11 Å². The van der Waals surface area contributed by atoms with Crippen molar-refractivity contribution in [3.8, 4) is 0 Å². The van der Waals surface area contributed by atoms with E-state index in [0.717, 1.165) is 12.6 Å². The molecular weight excluding hydrogens is 126 g/mol. The van der Waals surface area contributed by atoms with Crippen LogP contribution in [0.5, 0.6) is 0 Å². The lowest BCUT2D eigenvalue weighted by molar-refractivity contribution is 0.182. The lowest BCUT2D eigenvalue weighted by Crippen LogP contribution is -2.31. The smallest absolute Gasteiger partial charge is 0.0558 e. The van der Waals surface area contributed by atoms with Crippen LogP contribution in [0.3, 0.4) is 0 Å². The number of β-amino-alcohol motifs (C(OH)–C–C–N with tert-alkyl or cyclic N) is 1. The van der Waals surface area contributed by atoms with Crippen molar-refractivity contribution < 1.29 is 5.11 Å². The van der Waals surface area contributed by atoms with E-state index in [4.69, 9.17) is 5.11 Å². The van der Waals surface area contributed by atoms with Gasteiger partial charge in [-0.3, -0.25) is 4.90 Å². The van der Waals surface area contributed by atoms with Gasteiger partial charge in [0, 0.05) is 12.6 Å². The molecule has 2 heteroatoms. The van der Waals surface area contributed by atoms with Crippen LogP contribution < -0.4 is 0 Å². The molecule has 10 heavy (non-hydrogen) atoms. The first-order valence-corrected chi connectivity index (χ1v) is 4.23. The zero-order valence-corrected chi connectivity index (χ0v) is 6.71. The summed E-state index contributed by atoms with van der Waals surface area (Å²) in [7, 11) is 0. The van der Waals surface area contributed by atoms with Crippen LogP contribution in [0.2, 0.25) is 0 Å². The van der Waals surface area contributed by atoms with Gasteiger partial charge in [0.15, 0.2) is 0 Å². The van der Waals surface area contributed by atoms with Crippen molar-refractivity contribution >= 4 is 0 Å². The van der Waals surface area contributed by atoms with E-state index in [-0.39, 0.29) is 0 Å². The van der Waals surface area contributed by atoms with Gasteiger partial charge in [0.25, 0.3) is 0 Å². The fraction of sp³-hybridized carbons (Fsp3) is 1.00. The van der Waals surface area contributed by atoms with Crippen molar-refractivity contribution in [3.05, 3.63) is 0 Å². The van der Waals surface area contributed by atoms with Gasteiger partial charge in [0.2, 0.25) is 0 Å². The summed E-state index contributed by atoms with van der Waals surface area (Å²) in [4.78, 5) is 2.39. The van der Waals surface area contributed by atoms with E-state index in [1.54, 1.807) is 0 Å². The summed E-state index contributed by atoms with van der Waals surface area (Å²) in [6, 6.07) is 0.757. The first-order valence-electron chi connectivity index (χ1n) is 4.23. The molecule has 0 bridgehead atoms. The van der Waals surface area contributed by atoms with Crippen molar-refractivity contribution in [3.63, 3.8) is 0 Å². The maximum Gasteiger partial charge on any atom is 0.0558 e. The third-order valence-electron chi connectivity index (χ3n) is 2.36. The molecule has 0 aromatic carbocycles. The molecule has 1 N–H and O–H groups in total. The topological polar surface area (TPSA) is 23.5 Å². The molecule has 2 nitrogen and oxygen atoms in total. The number of hydrogen-bond acceptors (Lipinski definition) is 2. The van der Waals surface area contributed by atoms with Gasteiger partial charge in [-0.25, -0.2) is 0 Å². The van der Waals surface area contributed by atoms with E-state index >= 15 is 0 Å². The summed E-state index contributed by atoms with van der Waals surface area (Å²) in [5, 5.41) is 8.70. The van der Waals surface area contributed by atoms with Gasteiger partial charge in [-0.2, -0.15) is 0 Å². The number of rotatable bonds is 3. The molecule has 0 radical (unpaired) electrons. The summed E-state index contributed by atoms with van der Waals surface area (Å²) in [5.41, 5.74) is 0. The Kier molecular flexibility index (Phi) is 3.16. The van der Waals surface area contributed by atoms with E-state index in [1.165, 1.54) is 25.8 Å². The van der Waals surface area contributed by atoms with Crippen LogP contribution in [-0.2, 0) is 0 Å². The van der Waals surface area contributed by atoms with E-state index in [1.807, 2.05) is 0 Å². The minimum Gasteiger partial charge on any atom is -0.395 e. The summed E-state index contributed by atoms with van der Waals surface area (Å²) in [6.45, 7) is 4.61. The van der Waals surface area contributed by atoms with Crippen LogP contribution in [0.1, 0.15) is 26.2 Å². The van der Waals surface area contributed by atoms with Crippen LogP contribution >= 0.6 is 0 Å². The van der Waals surface area contributed by atoms with Gasteiger partial charge in [0.1, 0.15) is 0 Å². The average Bonchev–Trinajstić information content (AvgIpc) is 2.36. The average molecular weight is 143 g/mol. The quantitative estimate of drug-likeness (QED) is 0.633. The highest BCUT2D eigenvalue weighted by atomic mass is 16.3. The molecule has 0 amide bonds. The lowest BCUT2D eigenvalue weighted by atomic mass is 10.2. The summed E-state index contributed by atoms with van der Waals surface area (Å²) >= 11 is 0. The molecule has 0 aromatic heterocycles. The molecule has 1 fully saturated rings. The summed E-state index contributed by atoms with van der Waals surface area (Å²) in [6.07, 6.45) is 3.88. The number of likely N-dealkylation sites (tertiary alicyclic amines) is 1. The van der Waals surface area contributed by atoms with E-state index in [9.17, 15) is 0 Å². The van der Waals surface area contributed by atoms with E-state index in [2.05, 4.69) is 11.8 Å². The highest BCUT2D eigenvalue weighted by Gasteiger charge is 2.21. The van der Waals surface area contributed by atoms with Gasteiger partial charge in [-0.1, -0.05) is 6.92 Å². The van der Waals surface area contributed by atoms with Gasteiger partial charge in [-0.05, 0) is 25.8 Å². The minimum absolute atomic E-state index is 0.316. The molecule has 1 rings (SSSR count). The van der Waals surface area contributed by atoms with Crippen molar-refractivity contribution in [2.45, 2.75) is 32.2 Å². The zero-order chi connectivity index (χ0) is 7.40. The number of hydrogen-bond donors (Lipinski definition) is 1. The van der Waals surface area contributed by atoms with Crippen LogP contribution in [0.4, 0.5) is 0 Å². The Morgan fingerprint density at radius 3 is 3.00 bits per heavy atom. The Morgan fingerprint density at radius 1 is 1.60 bits per heavy atom. The molecule has 1 saturated heterocycles. The Balaban J connectivity index is 2.27. The maximum absolute atomic E-state index is 8.70. The van der Waals surface area contributed by atoms with Crippen molar-refractivity contribution in [1.29, 1.82) is 0 Å². The number of aliphatic hydroxyl groups excluding tert-OH is 1. The zero-order valence-electron chi connectivity index (χ0n) is 6.71. The molecule has 0 spiro atoms. The van der Waals surface area contributed by atoms with Gasteiger partial charge in [-0.15, -0.1) is 0 Å². The molecule has 1 aliphatic rings. The monoisotopic (exact) mass is 143 g/mol. The Labute approximate surface area is 62.8 Å². The van der Waals surface area contributed by atoms with Crippen molar-refractivity contribution in [2.75, 3.05) is 19.7 Å². The fourth-order valence-electron chi connectivity index (χ4n) is 1.78. The van der Waals surface area contributed by atoms with E-state index in [0.29, 0.717) is 6.61 Å². The highest BCUT2D eigenvalue weighted by Crippen LogP contribution is 2.18. The molecular formula is C8H17NO. The van der Waals surface area contributed by atoms with E-state index < -0.39 is 0 Å². The van der Waals surface area contributed by atoms with Crippen LogP contribution in [0, 0.1) is 0 Å². The van der Waals surface area contributed by atoms with Crippen LogP contribution in [-0.4, -0.2) is 35.7 Å². The number of aliphatic hydroxyl groups is 1. The predicted molar refractivity (Wildman–Crippen MR) is 42.0 cm³/mol. The predicted octanol–water partition coefficient (Wildman–Crippen LogP) is 0.853. The first kappa shape index (κ1) is 8.02. The highest BCUT2D eigenvalue weighted by molar-refractivity contribution is 4.77.